The van der Waals surface area contributed by atoms with Crippen molar-refractivity contribution in [2.24, 2.45) is 0 Å². The Balaban J connectivity index is 1.63. The summed E-state index contributed by atoms with van der Waals surface area (Å²) >= 11 is 0. The van der Waals surface area contributed by atoms with Gasteiger partial charge in [-0.1, -0.05) is 0 Å². The molecule has 3 rings (SSSR count). The summed E-state index contributed by atoms with van der Waals surface area (Å²) < 4.78 is 14.5. The number of aromatic nitrogens is 1. The van der Waals surface area contributed by atoms with E-state index >= 15 is 0 Å². The van der Waals surface area contributed by atoms with Crippen LogP contribution in [0.25, 0.3) is 0 Å². The van der Waals surface area contributed by atoms with E-state index in [-0.39, 0.29) is 18.1 Å². The second-order valence-electron chi connectivity index (χ2n) is 6.79. The number of nitrogens with one attached hydrogen (secondary N) is 2. The molecule has 2 N–H and O–H groups in total. The highest BCUT2D eigenvalue weighted by atomic mass is 19.1. The lowest BCUT2D eigenvalue weighted by Crippen LogP contribution is -2.49. The highest BCUT2D eigenvalue weighted by Crippen LogP contribution is 2.23. The Hall–Kier alpha value is -2.22. The third-order valence-electron chi connectivity index (χ3n) is 4.78. The molecular formula is C17H24FN5O2. The normalized spacial score (nSPS) is 22.2. The summed E-state index contributed by atoms with van der Waals surface area (Å²) in [4.78, 5) is 31.5. The third-order valence-corrected chi connectivity index (χ3v) is 4.78. The monoisotopic (exact) mass is 349 g/mol. The fourth-order valence-electron chi connectivity index (χ4n) is 3.22. The van der Waals surface area contributed by atoms with Crippen molar-refractivity contribution in [3.8, 4) is 0 Å². The molecule has 1 unspecified atom stereocenters. The van der Waals surface area contributed by atoms with Crippen molar-refractivity contribution in [3.63, 3.8) is 0 Å². The van der Waals surface area contributed by atoms with E-state index in [2.05, 4.69) is 34.4 Å². The zero-order valence-electron chi connectivity index (χ0n) is 14.6. The average molecular weight is 349 g/mol. The Morgan fingerprint density at radius 3 is 2.60 bits per heavy atom. The van der Waals surface area contributed by atoms with Crippen molar-refractivity contribution in [1.82, 2.24) is 15.2 Å². The molecule has 1 atom stereocenters. The van der Waals surface area contributed by atoms with Gasteiger partial charge in [0.2, 0.25) is 11.8 Å². The SMILES string of the molecule is CC(C)N1CCN(c2cnc(NC3CCC(=O)NC3=O)cc2F)CC1. The van der Waals surface area contributed by atoms with Crippen molar-refractivity contribution in [3.05, 3.63) is 18.1 Å². The minimum Gasteiger partial charge on any atom is -0.365 e. The van der Waals surface area contributed by atoms with Gasteiger partial charge < -0.3 is 10.2 Å². The van der Waals surface area contributed by atoms with Gasteiger partial charge in [0.25, 0.3) is 0 Å². The molecule has 7 nitrogen and oxygen atoms in total. The number of hydrogen-bond acceptors (Lipinski definition) is 6. The molecule has 0 bridgehead atoms. The van der Waals surface area contributed by atoms with Crippen molar-refractivity contribution < 1.29 is 14.0 Å². The molecule has 0 aliphatic carbocycles. The van der Waals surface area contributed by atoms with Gasteiger partial charge in [0.1, 0.15) is 11.9 Å². The van der Waals surface area contributed by atoms with Crippen LogP contribution in [0.3, 0.4) is 0 Å². The van der Waals surface area contributed by atoms with Crippen LogP contribution in [0.15, 0.2) is 12.3 Å². The first-order valence-corrected chi connectivity index (χ1v) is 8.69. The molecule has 0 spiro atoms. The number of imide groups is 1. The van der Waals surface area contributed by atoms with Gasteiger partial charge in [0.15, 0.2) is 5.82 Å². The Bertz CT molecular complexity index is 658. The van der Waals surface area contributed by atoms with Gasteiger partial charge in [-0.25, -0.2) is 9.37 Å². The Morgan fingerprint density at radius 1 is 1.28 bits per heavy atom. The predicted octanol–water partition coefficient (Wildman–Crippen LogP) is 0.968. The molecule has 3 heterocycles. The molecule has 2 aliphatic heterocycles. The minimum atomic E-state index is -0.565. The van der Waals surface area contributed by atoms with Gasteiger partial charge >= 0.3 is 0 Å². The Morgan fingerprint density at radius 2 is 2.00 bits per heavy atom. The van der Waals surface area contributed by atoms with Gasteiger partial charge in [0, 0.05) is 44.7 Å². The molecule has 0 aromatic carbocycles. The molecular weight excluding hydrogens is 325 g/mol. The predicted molar refractivity (Wildman–Crippen MR) is 92.9 cm³/mol. The number of piperidine rings is 1. The summed E-state index contributed by atoms with van der Waals surface area (Å²) in [7, 11) is 0. The zero-order chi connectivity index (χ0) is 18.0. The molecule has 1 aromatic heterocycles. The number of hydrogen-bond donors (Lipinski definition) is 2. The van der Waals surface area contributed by atoms with Crippen molar-refractivity contribution >= 4 is 23.3 Å². The van der Waals surface area contributed by atoms with Crippen LogP contribution in [0.4, 0.5) is 15.9 Å². The standard InChI is InChI=1S/C17H24FN5O2/c1-11(2)22-5-7-23(8-6-22)14-10-19-15(9-12(14)18)20-13-3-4-16(24)21-17(13)25/h9-11,13H,3-8H2,1-2H3,(H,19,20)(H,21,24,25). The van der Waals surface area contributed by atoms with Crippen LogP contribution in [0.2, 0.25) is 0 Å². The first-order valence-electron chi connectivity index (χ1n) is 8.69. The van der Waals surface area contributed by atoms with Crippen molar-refractivity contribution in [1.29, 1.82) is 0 Å². The molecule has 8 heteroatoms. The molecule has 2 fully saturated rings. The summed E-state index contributed by atoms with van der Waals surface area (Å²) in [6, 6.07) is 1.24. The zero-order valence-corrected chi connectivity index (χ0v) is 14.6. The molecule has 25 heavy (non-hydrogen) atoms. The smallest absolute Gasteiger partial charge is 0.249 e. The maximum Gasteiger partial charge on any atom is 0.249 e. The molecule has 0 saturated carbocycles. The maximum atomic E-state index is 14.5. The van der Waals surface area contributed by atoms with Crippen LogP contribution < -0.4 is 15.5 Å². The van der Waals surface area contributed by atoms with Crippen molar-refractivity contribution in [2.75, 3.05) is 36.4 Å². The van der Waals surface area contributed by atoms with E-state index in [9.17, 15) is 14.0 Å². The van der Waals surface area contributed by atoms with E-state index in [1.807, 2.05) is 4.90 Å². The van der Waals surface area contributed by atoms with Crippen LogP contribution in [0.5, 0.6) is 0 Å². The van der Waals surface area contributed by atoms with E-state index in [0.717, 1.165) is 26.2 Å². The number of nitrogens with zero attached hydrogens (tertiary/aromatic N) is 3. The first-order chi connectivity index (χ1) is 11.9. The number of carbonyl (C=O) groups is 2. The lowest BCUT2D eigenvalue weighted by molar-refractivity contribution is -0.133. The van der Waals surface area contributed by atoms with Gasteiger partial charge in [-0.15, -0.1) is 0 Å². The largest absolute Gasteiger partial charge is 0.365 e. The van der Waals surface area contributed by atoms with E-state index in [1.54, 1.807) is 0 Å². The Labute approximate surface area is 146 Å². The summed E-state index contributed by atoms with van der Waals surface area (Å²) in [5.41, 5.74) is 0.484. The third kappa shape index (κ3) is 4.07. The highest BCUT2D eigenvalue weighted by Gasteiger charge is 2.27. The molecule has 0 radical (unpaired) electrons. The topological polar surface area (TPSA) is 77.6 Å². The summed E-state index contributed by atoms with van der Waals surface area (Å²) in [5.74, 6) is -0.732. The number of amides is 2. The van der Waals surface area contributed by atoms with Crippen LogP contribution in [-0.2, 0) is 9.59 Å². The fourth-order valence-corrected chi connectivity index (χ4v) is 3.22. The van der Waals surface area contributed by atoms with E-state index in [4.69, 9.17) is 0 Å². The number of carbonyl (C=O) groups excluding carboxylic acids is 2. The number of pyridine rings is 1. The molecule has 136 valence electrons. The maximum absolute atomic E-state index is 14.5. The number of piperazine rings is 1. The van der Waals surface area contributed by atoms with Crippen LogP contribution in [0.1, 0.15) is 26.7 Å². The quantitative estimate of drug-likeness (QED) is 0.789. The lowest BCUT2D eigenvalue weighted by Gasteiger charge is -2.38. The van der Waals surface area contributed by atoms with E-state index < -0.39 is 11.9 Å². The molecule has 1 aromatic rings. The summed E-state index contributed by atoms with van der Waals surface area (Å²) in [5, 5.41) is 5.17. The number of anilines is 2. The lowest BCUT2D eigenvalue weighted by atomic mass is 10.1. The second-order valence-corrected chi connectivity index (χ2v) is 6.79. The number of halogens is 1. The fraction of sp³-hybridized carbons (Fsp3) is 0.588. The summed E-state index contributed by atoms with van der Waals surface area (Å²) in [6.07, 6.45) is 2.16. The van der Waals surface area contributed by atoms with Gasteiger partial charge in [-0.2, -0.15) is 0 Å². The number of rotatable bonds is 4. The van der Waals surface area contributed by atoms with Gasteiger partial charge in [-0.3, -0.25) is 19.8 Å². The van der Waals surface area contributed by atoms with Gasteiger partial charge in [0.05, 0.1) is 11.9 Å². The molecule has 2 amide bonds. The van der Waals surface area contributed by atoms with Crippen LogP contribution in [0, 0.1) is 5.82 Å². The first kappa shape index (κ1) is 17.6. The average Bonchev–Trinajstić information content (AvgIpc) is 2.58. The van der Waals surface area contributed by atoms with Gasteiger partial charge in [-0.05, 0) is 20.3 Å². The van der Waals surface area contributed by atoms with E-state index in [1.165, 1.54) is 12.3 Å². The van der Waals surface area contributed by atoms with Crippen LogP contribution in [-0.4, -0.2) is 60.0 Å². The summed E-state index contributed by atoms with van der Waals surface area (Å²) in [6.45, 7) is 7.63. The minimum absolute atomic E-state index is 0.268. The molecule has 2 saturated heterocycles. The second kappa shape index (κ2) is 7.35. The van der Waals surface area contributed by atoms with Crippen molar-refractivity contribution in [2.45, 2.75) is 38.8 Å². The van der Waals surface area contributed by atoms with E-state index in [0.29, 0.717) is 24.0 Å². The highest BCUT2D eigenvalue weighted by molar-refractivity contribution is 6.01. The van der Waals surface area contributed by atoms with Crippen LogP contribution >= 0.6 is 0 Å². The Kier molecular flexibility index (Phi) is 5.17. The molecule has 2 aliphatic rings.